The summed E-state index contributed by atoms with van der Waals surface area (Å²) in [5.74, 6) is -0.283. The quantitative estimate of drug-likeness (QED) is 0.854. The summed E-state index contributed by atoms with van der Waals surface area (Å²) in [6.45, 7) is 2.20. The Kier molecular flexibility index (Phi) is 3.71. The van der Waals surface area contributed by atoms with E-state index in [9.17, 15) is 0 Å². The van der Waals surface area contributed by atoms with Crippen LogP contribution < -0.4 is 0 Å². The lowest BCUT2D eigenvalue weighted by Crippen LogP contribution is -2.37. The predicted octanol–water partition coefficient (Wildman–Crippen LogP) is 4.10. The molecule has 0 amide bonds. The number of hydrogen-bond donors (Lipinski definition) is 0. The highest BCUT2D eigenvalue weighted by molar-refractivity contribution is 7.17. The summed E-state index contributed by atoms with van der Waals surface area (Å²) in [6, 6.07) is 8.53. The normalized spacial score (nSPS) is 22.3. The molecule has 2 aliphatic rings. The van der Waals surface area contributed by atoms with Gasteiger partial charge in [-0.2, -0.15) is 0 Å². The van der Waals surface area contributed by atoms with E-state index in [0.29, 0.717) is 12.7 Å². The zero-order valence-corrected chi connectivity index (χ0v) is 12.9. The van der Waals surface area contributed by atoms with Crippen molar-refractivity contribution in [1.82, 2.24) is 0 Å². The second kappa shape index (κ2) is 5.69. The molecule has 3 nitrogen and oxygen atoms in total. The first-order valence-corrected chi connectivity index (χ1v) is 8.57. The first-order chi connectivity index (χ1) is 10.3. The minimum Gasteiger partial charge on any atom is -0.373 e. The summed E-state index contributed by atoms with van der Waals surface area (Å²) in [5.41, 5.74) is 1.31. The Morgan fingerprint density at radius 2 is 1.90 bits per heavy atom. The van der Waals surface area contributed by atoms with Crippen molar-refractivity contribution in [2.24, 2.45) is 0 Å². The zero-order valence-electron chi connectivity index (χ0n) is 12.0. The van der Waals surface area contributed by atoms with E-state index >= 15 is 0 Å². The Hall–Kier alpha value is -0.940. The summed E-state index contributed by atoms with van der Waals surface area (Å²) in [6.07, 6.45) is 4.32. The van der Waals surface area contributed by atoms with Gasteiger partial charge < -0.3 is 14.2 Å². The lowest BCUT2D eigenvalue weighted by Gasteiger charge is -2.35. The molecule has 1 saturated carbocycles. The largest absolute Gasteiger partial charge is 0.373 e. The van der Waals surface area contributed by atoms with Gasteiger partial charge in [0, 0.05) is 17.5 Å². The molecule has 2 heterocycles. The SMILES string of the molecule is c1ccc2c(COC3CCC4(CC3)OCCO4)csc2c1. The maximum absolute atomic E-state index is 6.13. The second-order valence-electron chi connectivity index (χ2n) is 5.88. The van der Waals surface area contributed by atoms with Gasteiger partial charge >= 0.3 is 0 Å². The lowest BCUT2D eigenvalue weighted by molar-refractivity contribution is -0.192. The van der Waals surface area contributed by atoms with Gasteiger partial charge in [0.15, 0.2) is 5.79 Å². The molecule has 4 rings (SSSR count). The molecule has 1 aliphatic carbocycles. The van der Waals surface area contributed by atoms with Gasteiger partial charge in [-0.05, 0) is 35.2 Å². The van der Waals surface area contributed by atoms with Gasteiger partial charge in [0.05, 0.1) is 25.9 Å². The van der Waals surface area contributed by atoms with Crippen LogP contribution in [0.2, 0.25) is 0 Å². The number of fused-ring (bicyclic) bond motifs is 1. The van der Waals surface area contributed by atoms with Gasteiger partial charge in [0.1, 0.15) is 0 Å². The minimum atomic E-state index is -0.283. The lowest BCUT2D eigenvalue weighted by atomic mass is 9.92. The second-order valence-corrected chi connectivity index (χ2v) is 6.79. The Bertz CT molecular complexity index is 605. The molecule has 112 valence electrons. The summed E-state index contributed by atoms with van der Waals surface area (Å²) in [4.78, 5) is 0. The summed E-state index contributed by atoms with van der Waals surface area (Å²) in [5, 5.41) is 3.55. The van der Waals surface area contributed by atoms with E-state index < -0.39 is 0 Å². The Balaban J connectivity index is 1.35. The van der Waals surface area contributed by atoms with Crippen LogP contribution in [0.1, 0.15) is 31.2 Å². The van der Waals surface area contributed by atoms with Gasteiger partial charge in [-0.25, -0.2) is 0 Å². The number of ether oxygens (including phenoxy) is 3. The van der Waals surface area contributed by atoms with Crippen molar-refractivity contribution in [3.8, 4) is 0 Å². The Morgan fingerprint density at radius 3 is 2.71 bits per heavy atom. The maximum atomic E-state index is 6.13. The predicted molar refractivity (Wildman–Crippen MR) is 83.5 cm³/mol. The molecule has 2 aromatic rings. The van der Waals surface area contributed by atoms with Crippen molar-refractivity contribution in [2.45, 2.75) is 44.2 Å². The van der Waals surface area contributed by atoms with Crippen LogP contribution >= 0.6 is 11.3 Å². The van der Waals surface area contributed by atoms with Crippen molar-refractivity contribution in [1.29, 1.82) is 0 Å². The van der Waals surface area contributed by atoms with Crippen LogP contribution in [0.25, 0.3) is 10.1 Å². The fourth-order valence-corrected chi connectivity index (χ4v) is 4.28. The third-order valence-corrected chi connectivity index (χ3v) is 5.56. The number of rotatable bonds is 3. The van der Waals surface area contributed by atoms with Crippen LogP contribution in [0.5, 0.6) is 0 Å². The molecular formula is C17H20O3S. The van der Waals surface area contributed by atoms with Crippen LogP contribution in [-0.2, 0) is 20.8 Å². The third kappa shape index (κ3) is 2.73. The zero-order chi connectivity index (χ0) is 14.1. The van der Waals surface area contributed by atoms with E-state index in [2.05, 4.69) is 29.6 Å². The first-order valence-electron chi connectivity index (χ1n) is 7.69. The van der Waals surface area contributed by atoms with Crippen molar-refractivity contribution < 1.29 is 14.2 Å². The summed E-state index contributed by atoms with van der Waals surface area (Å²) >= 11 is 1.80. The van der Waals surface area contributed by atoms with E-state index in [1.807, 2.05) is 0 Å². The molecule has 0 atom stereocenters. The van der Waals surface area contributed by atoms with Crippen molar-refractivity contribution in [3.05, 3.63) is 35.2 Å². The average Bonchev–Trinajstić information content (AvgIpc) is 3.15. The summed E-state index contributed by atoms with van der Waals surface area (Å²) in [7, 11) is 0. The van der Waals surface area contributed by atoms with E-state index in [-0.39, 0.29) is 5.79 Å². The number of thiophene rings is 1. The molecule has 2 fully saturated rings. The highest BCUT2D eigenvalue weighted by atomic mass is 32.1. The molecule has 1 aromatic heterocycles. The molecular weight excluding hydrogens is 284 g/mol. The van der Waals surface area contributed by atoms with Crippen LogP contribution in [0, 0.1) is 0 Å². The van der Waals surface area contributed by atoms with E-state index in [1.165, 1.54) is 15.6 Å². The Morgan fingerprint density at radius 1 is 1.14 bits per heavy atom. The van der Waals surface area contributed by atoms with Crippen molar-refractivity contribution in [2.75, 3.05) is 13.2 Å². The molecule has 1 aromatic carbocycles. The molecule has 21 heavy (non-hydrogen) atoms. The van der Waals surface area contributed by atoms with E-state index in [1.54, 1.807) is 11.3 Å². The van der Waals surface area contributed by atoms with Gasteiger partial charge in [0.25, 0.3) is 0 Å². The summed E-state index contributed by atoms with van der Waals surface area (Å²) < 4.78 is 19.0. The standard InChI is InChI=1S/C17H20O3S/c1-2-4-16-15(3-1)13(12-21-16)11-18-14-5-7-17(8-6-14)19-9-10-20-17/h1-4,12,14H,5-11H2. The molecule has 1 aliphatic heterocycles. The molecule has 0 bridgehead atoms. The Labute approximate surface area is 128 Å². The van der Waals surface area contributed by atoms with E-state index in [0.717, 1.165) is 38.9 Å². The van der Waals surface area contributed by atoms with Crippen LogP contribution in [0.3, 0.4) is 0 Å². The number of hydrogen-bond acceptors (Lipinski definition) is 4. The fraction of sp³-hybridized carbons (Fsp3) is 0.529. The molecule has 0 unspecified atom stereocenters. The average molecular weight is 304 g/mol. The monoisotopic (exact) mass is 304 g/mol. The molecule has 0 N–H and O–H groups in total. The molecule has 1 spiro atoms. The third-order valence-electron chi connectivity index (χ3n) is 4.54. The smallest absolute Gasteiger partial charge is 0.168 e. The van der Waals surface area contributed by atoms with Crippen LogP contribution in [0.4, 0.5) is 0 Å². The molecule has 4 heteroatoms. The highest BCUT2D eigenvalue weighted by Gasteiger charge is 2.40. The van der Waals surface area contributed by atoms with E-state index in [4.69, 9.17) is 14.2 Å². The maximum Gasteiger partial charge on any atom is 0.168 e. The topological polar surface area (TPSA) is 27.7 Å². The minimum absolute atomic E-state index is 0.283. The van der Waals surface area contributed by atoms with Crippen LogP contribution in [0.15, 0.2) is 29.6 Å². The van der Waals surface area contributed by atoms with Gasteiger partial charge in [0.2, 0.25) is 0 Å². The number of benzene rings is 1. The highest BCUT2D eigenvalue weighted by Crippen LogP contribution is 2.37. The fourth-order valence-electron chi connectivity index (χ4n) is 3.34. The molecule has 0 radical (unpaired) electrons. The first kappa shape index (κ1) is 13.7. The van der Waals surface area contributed by atoms with Gasteiger partial charge in [-0.15, -0.1) is 11.3 Å². The van der Waals surface area contributed by atoms with Crippen molar-refractivity contribution >= 4 is 21.4 Å². The van der Waals surface area contributed by atoms with Gasteiger partial charge in [-0.1, -0.05) is 18.2 Å². The molecule has 1 saturated heterocycles. The van der Waals surface area contributed by atoms with Crippen LogP contribution in [-0.4, -0.2) is 25.1 Å². The van der Waals surface area contributed by atoms with Gasteiger partial charge in [-0.3, -0.25) is 0 Å². The van der Waals surface area contributed by atoms with Crippen molar-refractivity contribution in [3.63, 3.8) is 0 Å².